The van der Waals surface area contributed by atoms with Gasteiger partial charge in [0.2, 0.25) is 0 Å². The van der Waals surface area contributed by atoms with E-state index in [4.69, 9.17) is 0 Å². The molecule has 0 spiro atoms. The van der Waals surface area contributed by atoms with Crippen LogP contribution in [0, 0.1) is 11.8 Å². The van der Waals surface area contributed by atoms with E-state index in [-0.39, 0.29) is 23.7 Å². The molecule has 4 rings (SSSR count). The quantitative estimate of drug-likeness (QED) is 0.185. The molecule has 5 heteroatoms. The highest BCUT2D eigenvalue weighted by molar-refractivity contribution is 5.92. The Balaban J connectivity index is 0.00000441. The average molecular weight is 554 g/mol. The normalized spacial score (nSPS) is 10.2. The molecule has 0 saturated carbocycles. The molecule has 0 unspecified atom stereocenters. The van der Waals surface area contributed by atoms with Gasteiger partial charge >= 0.3 is 5.97 Å². The number of anilines is 1. The van der Waals surface area contributed by atoms with E-state index in [1.165, 1.54) is 30.0 Å². The molecule has 0 aliphatic heterocycles. The van der Waals surface area contributed by atoms with Crippen LogP contribution in [0.5, 0.6) is 5.75 Å². The minimum Gasteiger partial charge on any atom is -0.507 e. The molecule has 4 aromatic carbocycles. The lowest BCUT2D eigenvalue weighted by Crippen LogP contribution is -2.24. The molecule has 0 saturated heterocycles. The minimum atomic E-state index is -1.14. The summed E-state index contributed by atoms with van der Waals surface area (Å²) in [5.74, 6) is 5.14. The zero-order valence-electron chi connectivity index (χ0n) is 22.8. The fraction of sp³-hybridized carbons (Fsp3) is 0.229. The molecular formula is C35H36ClNO3. The lowest BCUT2D eigenvalue weighted by molar-refractivity contribution is 0.0693. The first-order valence-corrected chi connectivity index (χ1v) is 13.6. The number of nitrogens with zero attached hydrogens (tertiary/aromatic N) is 1. The van der Waals surface area contributed by atoms with Gasteiger partial charge in [-0.3, -0.25) is 0 Å². The highest BCUT2D eigenvalue weighted by Gasteiger charge is 2.14. The monoisotopic (exact) mass is 553 g/mol. The van der Waals surface area contributed by atoms with Gasteiger partial charge in [0.05, 0.1) is 0 Å². The molecule has 0 aliphatic carbocycles. The van der Waals surface area contributed by atoms with Crippen LogP contribution in [-0.2, 0) is 19.4 Å². The summed E-state index contributed by atoms with van der Waals surface area (Å²) >= 11 is 0. The minimum absolute atomic E-state index is 0. The lowest BCUT2D eigenvalue weighted by atomic mass is 10.1. The average Bonchev–Trinajstić information content (AvgIpc) is 2.96. The maximum absolute atomic E-state index is 11.6. The number of phenols is 1. The zero-order valence-corrected chi connectivity index (χ0v) is 23.7. The molecule has 206 valence electrons. The fourth-order valence-electron chi connectivity index (χ4n) is 4.50. The molecule has 0 atom stereocenters. The number of carboxylic acids is 1. The summed E-state index contributed by atoms with van der Waals surface area (Å²) < 4.78 is 0. The predicted molar refractivity (Wildman–Crippen MR) is 166 cm³/mol. The molecular weight excluding hydrogens is 518 g/mol. The van der Waals surface area contributed by atoms with Crippen molar-refractivity contribution in [1.82, 2.24) is 0 Å². The van der Waals surface area contributed by atoms with Crippen LogP contribution in [0.15, 0.2) is 97.1 Å². The third kappa shape index (κ3) is 8.93. The Hall–Kier alpha value is -4.20. The number of carbonyl (C=O) groups is 1. The largest absolute Gasteiger partial charge is 0.507 e. The topological polar surface area (TPSA) is 60.8 Å². The maximum atomic E-state index is 11.6. The highest BCUT2D eigenvalue weighted by atomic mass is 35.5. The second-order valence-corrected chi connectivity index (χ2v) is 9.76. The summed E-state index contributed by atoms with van der Waals surface area (Å²) in [5, 5.41) is 19.5. The Morgan fingerprint density at radius 3 is 1.93 bits per heavy atom. The van der Waals surface area contributed by atoms with E-state index < -0.39 is 5.97 Å². The van der Waals surface area contributed by atoms with Gasteiger partial charge in [-0.15, -0.1) is 12.4 Å². The van der Waals surface area contributed by atoms with Crippen molar-refractivity contribution in [3.63, 3.8) is 0 Å². The molecule has 0 radical (unpaired) electrons. The molecule has 0 fully saturated rings. The summed E-state index contributed by atoms with van der Waals surface area (Å²) in [4.78, 5) is 13.8. The van der Waals surface area contributed by atoms with Crippen LogP contribution in [0.2, 0.25) is 0 Å². The van der Waals surface area contributed by atoms with E-state index in [2.05, 4.69) is 72.2 Å². The zero-order chi connectivity index (χ0) is 27.5. The van der Waals surface area contributed by atoms with E-state index in [1.54, 1.807) is 12.1 Å². The fourth-order valence-corrected chi connectivity index (χ4v) is 4.50. The van der Waals surface area contributed by atoms with Gasteiger partial charge in [-0.2, -0.15) is 0 Å². The van der Waals surface area contributed by atoms with E-state index in [1.807, 2.05) is 30.3 Å². The van der Waals surface area contributed by atoms with Gasteiger partial charge in [-0.1, -0.05) is 79.8 Å². The molecule has 0 aliphatic rings. The van der Waals surface area contributed by atoms with Crippen molar-refractivity contribution in [2.45, 2.75) is 45.6 Å². The van der Waals surface area contributed by atoms with Crippen LogP contribution < -0.4 is 4.90 Å². The molecule has 0 bridgehead atoms. The molecule has 4 aromatic rings. The molecule has 0 amide bonds. The highest BCUT2D eigenvalue weighted by Crippen LogP contribution is 2.26. The maximum Gasteiger partial charge on any atom is 0.339 e. The van der Waals surface area contributed by atoms with E-state index >= 15 is 0 Å². The van der Waals surface area contributed by atoms with Crippen molar-refractivity contribution in [3.05, 3.63) is 130 Å². The van der Waals surface area contributed by atoms with E-state index in [0.717, 1.165) is 48.2 Å². The number of unbranched alkanes of at least 4 members (excludes halogenated alkanes) is 1. The van der Waals surface area contributed by atoms with Crippen molar-refractivity contribution in [2.24, 2.45) is 0 Å². The Kier molecular flexibility index (Phi) is 11.7. The van der Waals surface area contributed by atoms with Crippen molar-refractivity contribution < 1.29 is 15.0 Å². The van der Waals surface area contributed by atoms with Crippen LogP contribution >= 0.6 is 12.4 Å². The van der Waals surface area contributed by atoms with Gasteiger partial charge in [0.15, 0.2) is 0 Å². The van der Waals surface area contributed by atoms with Crippen molar-refractivity contribution in [2.75, 3.05) is 11.4 Å². The molecule has 0 heterocycles. The van der Waals surface area contributed by atoms with E-state index in [9.17, 15) is 15.0 Å². The first-order chi connectivity index (χ1) is 19.0. The van der Waals surface area contributed by atoms with Gasteiger partial charge < -0.3 is 15.1 Å². The number of aryl methyl sites for hydroxylation is 2. The standard InChI is InChI=1S/C35H35NO3.ClH/c1-2-3-8-28-12-14-29(15-13-28)16-17-30-18-20-31(21-19-30)26-36(24-7-11-27-9-5-4-6-10-27)32-22-23-34(37)33(25-32)35(38)39;/h4-6,9-10,12-15,18-23,25,37H,2-3,7-8,11,24,26H2,1H3,(H,38,39);1H. The number of aromatic carboxylic acids is 1. The lowest BCUT2D eigenvalue weighted by Gasteiger charge is -2.26. The number of rotatable bonds is 11. The Labute approximate surface area is 243 Å². The SMILES string of the molecule is CCCCc1ccc(C#Cc2ccc(CN(CCCc3ccccc3)c3ccc(O)c(C(=O)O)c3)cc2)cc1.Cl. The third-order valence-corrected chi connectivity index (χ3v) is 6.76. The number of carboxylic acid groups (broad SMARTS) is 1. The summed E-state index contributed by atoms with van der Waals surface area (Å²) in [6.07, 6.45) is 5.34. The molecule has 4 nitrogen and oxygen atoms in total. The summed E-state index contributed by atoms with van der Waals surface area (Å²) in [6.45, 7) is 3.57. The van der Waals surface area contributed by atoms with Gasteiger partial charge in [0.1, 0.15) is 11.3 Å². The number of halogens is 1. The number of hydrogen-bond acceptors (Lipinski definition) is 3. The Morgan fingerprint density at radius 2 is 1.32 bits per heavy atom. The summed E-state index contributed by atoms with van der Waals surface area (Å²) in [5.41, 5.74) is 6.35. The third-order valence-electron chi connectivity index (χ3n) is 6.76. The summed E-state index contributed by atoms with van der Waals surface area (Å²) in [6, 6.07) is 31.8. The van der Waals surface area contributed by atoms with Gasteiger partial charge in [0.25, 0.3) is 0 Å². The number of hydrogen-bond donors (Lipinski definition) is 2. The first kappa shape index (κ1) is 30.3. The summed E-state index contributed by atoms with van der Waals surface area (Å²) in [7, 11) is 0. The van der Waals surface area contributed by atoms with Gasteiger partial charge in [0, 0.05) is 29.9 Å². The molecule has 0 aromatic heterocycles. The number of benzene rings is 4. The predicted octanol–water partition coefficient (Wildman–Crippen LogP) is 7.89. The van der Waals surface area contributed by atoms with Crippen LogP contribution in [0.3, 0.4) is 0 Å². The Morgan fingerprint density at radius 1 is 0.750 bits per heavy atom. The second kappa shape index (κ2) is 15.4. The van der Waals surface area contributed by atoms with Crippen molar-refractivity contribution >= 4 is 24.1 Å². The van der Waals surface area contributed by atoms with Crippen LogP contribution in [0.1, 0.15) is 64.4 Å². The second-order valence-electron chi connectivity index (χ2n) is 9.76. The van der Waals surface area contributed by atoms with Gasteiger partial charge in [-0.05, 0) is 84.8 Å². The molecule has 2 N–H and O–H groups in total. The number of aromatic hydroxyl groups is 1. The van der Waals surface area contributed by atoms with Crippen LogP contribution in [-0.4, -0.2) is 22.7 Å². The van der Waals surface area contributed by atoms with Crippen LogP contribution in [0.4, 0.5) is 5.69 Å². The van der Waals surface area contributed by atoms with E-state index in [0.29, 0.717) is 6.54 Å². The first-order valence-electron chi connectivity index (χ1n) is 13.6. The molecule has 40 heavy (non-hydrogen) atoms. The Bertz CT molecular complexity index is 1420. The van der Waals surface area contributed by atoms with Crippen molar-refractivity contribution in [1.29, 1.82) is 0 Å². The van der Waals surface area contributed by atoms with Gasteiger partial charge in [-0.25, -0.2) is 4.79 Å². The van der Waals surface area contributed by atoms with Crippen molar-refractivity contribution in [3.8, 4) is 17.6 Å². The smallest absolute Gasteiger partial charge is 0.339 e. The van der Waals surface area contributed by atoms with Crippen LogP contribution in [0.25, 0.3) is 0 Å².